The lowest BCUT2D eigenvalue weighted by Crippen LogP contribution is -2.44. The SMILES string of the molecule is Cc1cc(C)c(S(=O)(=O)N[C@H](C)C(=O)NCc2cccnc2)c(C)c1. The van der Waals surface area contributed by atoms with Gasteiger partial charge in [0.05, 0.1) is 10.9 Å². The number of rotatable bonds is 6. The van der Waals surface area contributed by atoms with Gasteiger partial charge in [-0.2, -0.15) is 4.72 Å². The summed E-state index contributed by atoms with van der Waals surface area (Å²) in [6, 6.07) is 6.35. The molecule has 1 aromatic heterocycles. The van der Waals surface area contributed by atoms with Crippen LogP contribution in [0.1, 0.15) is 29.2 Å². The highest BCUT2D eigenvalue weighted by atomic mass is 32.2. The second-order valence-electron chi connectivity index (χ2n) is 6.15. The molecule has 0 fully saturated rings. The normalized spacial score (nSPS) is 12.6. The lowest BCUT2D eigenvalue weighted by atomic mass is 10.1. The van der Waals surface area contributed by atoms with Gasteiger partial charge in [-0.3, -0.25) is 9.78 Å². The van der Waals surface area contributed by atoms with Crippen LogP contribution in [0.25, 0.3) is 0 Å². The lowest BCUT2D eigenvalue weighted by Gasteiger charge is -2.17. The minimum atomic E-state index is -3.79. The minimum absolute atomic E-state index is 0.227. The Labute approximate surface area is 148 Å². The molecule has 6 nitrogen and oxygen atoms in total. The first-order chi connectivity index (χ1) is 11.7. The number of carbonyl (C=O) groups is 1. The molecule has 1 heterocycles. The average Bonchev–Trinajstić information content (AvgIpc) is 2.51. The number of carbonyl (C=O) groups excluding carboxylic acids is 1. The molecule has 2 aromatic rings. The number of benzene rings is 1. The first kappa shape index (κ1) is 19.1. The molecule has 0 saturated carbocycles. The van der Waals surface area contributed by atoms with Gasteiger partial charge in [0.25, 0.3) is 0 Å². The quantitative estimate of drug-likeness (QED) is 0.824. The molecule has 1 aromatic carbocycles. The summed E-state index contributed by atoms with van der Waals surface area (Å²) in [7, 11) is -3.79. The predicted molar refractivity (Wildman–Crippen MR) is 96.5 cm³/mol. The molecule has 0 aliphatic rings. The zero-order chi connectivity index (χ0) is 18.6. The first-order valence-electron chi connectivity index (χ1n) is 7.97. The van der Waals surface area contributed by atoms with E-state index in [2.05, 4.69) is 15.0 Å². The van der Waals surface area contributed by atoms with Gasteiger partial charge in [-0.15, -0.1) is 0 Å². The molecule has 7 heteroatoms. The van der Waals surface area contributed by atoms with Crippen molar-refractivity contribution in [3.63, 3.8) is 0 Å². The average molecular weight is 361 g/mol. The van der Waals surface area contributed by atoms with Gasteiger partial charge in [0, 0.05) is 18.9 Å². The van der Waals surface area contributed by atoms with Crippen molar-refractivity contribution >= 4 is 15.9 Å². The maximum atomic E-state index is 12.7. The molecular formula is C18H23N3O3S. The number of nitrogens with zero attached hydrogens (tertiary/aromatic N) is 1. The number of pyridine rings is 1. The van der Waals surface area contributed by atoms with Crippen LogP contribution in [0.2, 0.25) is 0 Å². The molecular weight excluding hydrogens is 338 g/mol. The third-order valence-electron chi connectivity index (χ3n) is 3.79. The van der Waals surface area contributed by atoms with Crippen molar-refractivity contribution in [2.75, 3.05) is 0 Å². The fourth-order valence-corrected chi connectivity index (χ4v) is 4.44. The van der Waals surface area contributed by atoms with Crippen LogP contribution in [0.15, 0.2) is 41.6 Å². The zero-order valence-corrected chi connectivity index (χ0v) is 15.6. The Morgan fingerprint density at radius 1 is 1.20 bits per heavy atom. The maximum absolute atomic E-state index is 12.7. The third kappa shape index (κ3) is 4.87. The van der Waals surface area contributed by atoms with E-state index >= 15 is 0 Å². The number of hydrogen-bond acceptors (Lipinski definition) is 4. The van der Waals surface area contributed by atoms with Gasteiger partial charge >= 0.3 is 0 Å². The molecule has 0 radical (unpaired) electrons. The minimum Gasteiger partial charge on any atom is -0.351 e. The second kappa shape index (κ2) is 7.76. The Balaban J connectivity index is 2.08. The number of aryl methyl sites for hydroxylation is 3. The van der Waals surface area contributed by atoms with Crippen LogP contribution in [0.3, 0.4) is 0 Å². The van der Waals surface area contributed by atoms with Crippen molar-refractivity contribution in [3.8, 4) is 0 Å². The number of sulfonamides is 1. The summed E-state index contributed by atoms with van der Waals surface area (Å²) in [5.41, 5.74) is 3.16. The lowest BCUT2D eigenvalue weighted by molar-refractivity contribution is -0.122. The topological polar surface area (TPSA) is 88.2 Å². The van der Waals surface area contributed by atoms with E-state index in [4.69, 9.17) is 0 Å². The van der Waals surface area contributed by atoms with Gasteiger partial charge in [-0.05, 0) is 50.5 Å². The van der Waals surface area contributed by atoms with E-state index in [1.54, 1.807) is 32.3 Å². The molecule has 2 rings (SSSR count). The molecule has 0 aliphatic heterocycles. The largest absolute Gasteiger partial charge is 0.351 e. The van der Waals surface area contributed by atoms with E-state index < -0.39 is 22.0 Å². The molecule has 25 heavy (non-hydrogen) atoms. The smallest absolute Gasteiger partial charge is 0.241 e. The molecule has 134 valence electrons. The van der Waals surface area contributed by atoms with Gasteiger partial charge in [-0.1, -0.05) is 23.8 Å². The Kier molecular flexibility index (Phi) is 5.92. The third-order valence-corrected chi connectivity index (χ3v) is 5.63. The molecule has 0 saturated heterocycles. The van der Waals surface area contributed by atoms with Crippen LogP contribution < -0.4 is 10.0 Å². The van der Waals surface area contributed by atoms with E-state index in [1.165, 1.54) is 6.92 Å². The van der Waals surface area contributed by atoms with E-state index in [9.17, 15) is 13.2 Å². The van der Waals surface area contributed by atoms with Crippen molar-refractivity contribution in [3.05, 3.63) is 58.9 Å². The number of aromatic nitrogens is 1. The summed E-state index contributed by atoms with van der Waals surface area (Å²) in [6.07, 6.45) is 3.29. The number of hydrogen-bond donors (Lipinski definition) is 2. The summed E-state index contributed by atoms with van der Waals surface area (Å²) < 4.78 is 27.8. The first-order valence-corrected chi connectivity index (χ1v) is 9.46. The summed E-state index contributed by atoms with van der Waals surface area (Å²) in [6.45, 7) is 7.23. The predicted octanol–water partition coefficient (Wildman–Crippen LogP) is 1.99. The van der Waals surface area contributed by atoms with E-state index in [0.29, 0.717) is 17.7 Å². The van der Waals surface area contributed by atoms with Crippen LogP contribution in [0.5, 0.6) is 0 Å². The highest BCUT2D eigenvalue weighted by Crippen LogP contribution is 2.21. The summed E-state index contributed by atoms with van der Waals surface area (Å²) in [5.74, 6) is -0.394. The van der Waals surface area contributed by atoms with E-state index in [0.717, 1.165) is 11.1 Å². The summed E-state index contributed by atoms with van der Waals surface area (Å²) >= 11 is 0. The summed E-state index contributed by atoms with van der Waals surface area (Å²) in [5, 5.41) is 2.71. The molecule has 0 bridgehead atoms. The van der Waals surface area contributed by atoms with Gasteiger partial charge in [0.15, 0.2) is 0 Å². The van der Waals surface area contributed by atoms with Crippen LogP contribution in [0, 0.1) is 20.8 Å². The Morgan fingerprint density at radius 2 is 1.84 bits per heavy atom. The molecule has 0 aliphatic carbocycles. The molecule has 0 unspecified atom stereocenters. The molecule has 1 amide bonds. The highest BCUT2D eigenvalue weighted by Gasteiger charge is 2.25. The zero-order valence-electron chi connectivity index (χ0n) is 14.8. The molecule has 0 spiro atoms. The van der Waals surface area contributed by atoms with Gasteiger partial charge in [0.1, 0.15) is 0 Å². The molecule has 1 atom stereocenters. The number of amides is 1. The molecule has 2 N–H and O–H groups in total. The van der Waals surface area contributed by atoms with Crippen LogP contribution in [-0.2, 0) is 21.4 Å². The van der Waals surface area contributed by atoms with Gasteiger partial charge < -0.3 is 5.32 Å². The van der Waals surface area contributed by atoms with E-state index in [-0.39, 0.29) is 4.90 Å². The van der Waals surface area contributed by atoms with E-state index in [1.807, 2.05) is 25.1 Å². The second-order valence-corrected chi connectivity index (χ2v) is 7.80. The Bertz CT molecular complexity index is 841. The Morgan fingerprint density at radius 3 is 2.40 bits per heavy atom. The van der Waals surface area contributed by atoms with Crippen molar-refractivity contribution in [1.29, 1.82) is 0 Å². The van der Waals surface area contributed by atoms with Crippen LogP contribution >= 0.6 is 0 Å². The maximum Gasteiger partial charge on any atom is 0.241 e. The fourth-order valence-electron chi connectivity index (χ4n) is 2.78. The van der Waals surface area contributed by atoms with Gasteiger partial charge in [-0.25, -0.2) is 8.42 Å². The van der Waals surface area contributed by atoms with Crippen molar-refractivity contribution < 1.29 is 13.2 Å². The standard InChI is InChI=1S/C18H23N3O3S/c1-12-8-13(2)17(14(3)9-12)25(23,24)21-15(4)18(22)20-11-16-6-5-7-19-10-16/h5-10,15,21H,11H2,1-4H3,(H,20,22)/t15-/m1/s1. The van der Waals surface area contributed by atoms with Crippen LogP contribution in [-0.4, -0.2) is 25.4 Å². The fraction of sp³-hybridized carbons (Fsp3) is 0.333. The van der Waals surface area contributed by atoms with Crippen molar-refractivity contribution in [2.45, 2.75) is 45.2 Å². The summed E-state index contributed by atoms with van der Waals surface area (Å²) in [4.78, 5) is 16.4. The monoisotopic (exact) mass is 361 g/mol. The van der Waals surface area contributed by atoms with Crippen LogP contribution in [0.4, 0.5) is 0 Å². The number of nitrogens with one attached hydrogen (secondary N) is 2. The Hall–Kier alpha value is -2.25. The van der Waals surface area contributed by atoms with Gasteiger partial charge in [0.2, 0.25) is 15.9 Å². The van der Waals surface area contributed by atoms with Crippen molar-refractivity contribution in [1.82, 2.24) is 15.0 Å². The highest BCUT2D eigenvalue weighted by molar-refractivity contribution is 7.89. The van der Waals surface area contributed by atoms with Crippen molar-refractivity contribution in [2.24, 2.45) is 0 Å².